The second-order valence-electron chi connectivity index (χ2n) is 7.08. The molecule has 3 aromatic rings. The molecule has 0 bridgehead atoms. The van der Waals surface area contributed by atoms with Gasteiger partial charge in [0.25, 0.3) is 0 Å². The Labute approximate surface area is 186 Å². The molecule has 0 saturated carbocycles. The number of nitriles is 1. The number of aromatic nitrogens is 1. The molecule has 166 valence electrons. The zero-order valence-electron chi connectivity index (χ0n) is 18.0. The Morgan fingerprint density at radius 1 is 1.06 bits per heavy atom. The molecule has 2 N–H and O–H groups in total. The van der Waals surface area contributed by atoms with Gasteiger partial charge in [0.2, 0.25) is 15.8 Å². The van der Waals surface area contributed by atoms with Crippen molar-refractivity contribution >= 4 is 15.8 Å². The number of benzene rings is 2. The van der Waals surface area contributed by atoms with Crippen molar-refractivity contribution in [1.29, 1.82) is 5.26 Å². The van der Waals surface area contributed by atoms with E-state index in [1.165, 1.54) is 12.1 Å². The summed E-state index contributed by atoms with van der Waals surface area (Å²) in [6.07, 6.45) is 0. The lowest BCUT2D eigenvalue weighted by atomic mass is 10.1. The van der Waals surface area contributed by atoms with Crippen LogP contribution in [0.25, 0.3) is 5.69 Å². The molecule has 0 fully saturated rings. The highest BCUT2D eigenvalue weighted by molar-refractivity contribution is 7.89. The summed E-state index contributed by atoms with van der Waals surface area (Å²) >= 11 is 0. The number of Topliss-reactive ketones (excluding diaryl/α,β-unsaturated/α-hetero) is 1. The smallest absolute Gasteiger partial charge is 0.238 e. The number of nitrogens with zero attached hydrogens (tertiary/aromatic N) is 2. The second-order valence-corrected chi connectivity index (χ2v) is 8.64. The molecule has 0 aliphatic rings. The first-order valence-electron chi connectivity index (χ1n) is 9.80. The van der Waals surface area contributed by atoms with Crippen molar-refractivity contribution in [3.05, 3.63) is 71.0 Å². The number of carbonyl (C=O) groups excluding carboxylic acids is 1. The molecule has 8 nitrogen and oxygen atoms in total. The highest BCUT2D eigenvalue weighted by atomic mass is 32.2. The van der Waals surface area contributed by atoms with E-state index in [1.807, 2.05) is 24.5 Å². The fraction of sp³-hybridized carbons (Fsp3) is 0.217. The molecule has 0 atom stereocenters. The Hall–Kier alpha value is -3.61. The van der Waals surface area contributed by atoms with Gasteiger partial charge in [-0.1, -0.05) is 0 Å². The van der Waals surface area contributed by atoms with Gasteiger partial charge >= 0.3 is 0 Å². The first kappa shape index (κ1) is 23.1. The number of rotatable bonds is 8. The third-order valence-electron chi connectivity index (χ3n) is 4.89. The number of ether oxygens (including phenoxy) is 2. The van der Waals surface area contributed by atoms with Crippen LogP contribution in [0, 0.1) is 25.2 Å². The van der Waals surface area contributed by atoms with Gasteiger partial charge in [-0.05, 0) is 63.2 Å². The van der Waals surface area contributed by atoms with Gasteiger partial charge in [-0.25, -0.2) is 13.6 Å². The minimum atomic E-state index is -3.78. The first-order valence-corrected chi connectivity index (χ1v) is 11.4. The third-order valence-corrected chi connectivity index (χ3v) is 5.82. The van der Waals surface area contributed by atoms with Crippen LogP contribution < -0.4 is 14.6 Å². The molecule has 32 heavy (non-hydrogen) atoms. The van der Waals surface area contributed by atoms with E-state index in [2.05, 4.69) is 0 Å². The van der Waals surface area contributed by atoms with E-state index < -0.39 is 10.0 Å². The Bertz CT molecular complexity index is 1300. The zero-order chi connectivity index (χ0) is 23.5. The average molecular weight is 454 g/mol. The maximum Gasteiger partial charge on any atom is 0.238 e. The predicted octanol–water partition coefficient (Wildman–Crippen LogP) is 3.27. The van der Waals surface area contributed by atoms with Crippen molar-refractivity contribution in [1.82, 2.24) is 4.57 Å². The summed E-state index contributed by atoms with van der Waals surface area (Å²) in [4.78, 5) is 12.9. The van der Waals surface area contributed by atoms with Crippen LogP contribution in [0.15, 0.2) is 53.4 Å². The highest BCUT2D eigenvalue weighted by Crippen LogP contribution is 2.29. The Morgan fingerprint density at radius 3 is 2.34 bits per heavy atom. The summed E-state index contributed by atoms with van der Waals surface area (Å²) in [5.41, 5.74) is 3.14. The summed E-state index contributed by atoms with van der Waals surface area (Å²) in [6.45, 7) is 5.66. The van der Waals surface area contributed by atoms with Crippen LogP contribution in [-0.2, 0) is 10.0 Å². The van der Waals surface area contributed by atoms with Gasteiger partial charge < -0.3 is 14.0 Å². The fourth-order valence-electron chi connectivity index (χ4n) is 3.41. The molecule has 0 saturated heterocycles. The van der Waals surface area contributed by atoms with Crippen LogP contribution in [0.3, 0.4) is 0 Å². The maximum absolute atomic E-state index is 12.9. The Morgan fingerprint density at radius 2 is 1.75 bits per heavy atom. The molecule has 0 spiro atoms. The number of carbonyl (C=O) groups is 1. The molecule has 2 aromatic carbocycles. The van der Waals surface area contributed by atoms with E-state index in [4.69, 9.17) is 19.9 Å². The predicted molar refractivity (Wildman–Crippen MR) is 119 cm³/mol. The largest absolute Gasteiger partial charge is 0.490 e. The van der Waals surface area contributed by atoms with Gasteiger partial charge in [-0.15, -0.1) is 0 Å². The van der Waals surface area contributed by atoms with Gasteiger partial charge in [-0.3, -0.25) is 4.79 Å². The van der Waals surface area contributed by atoms with Crippen molar-refractivity contribution < 1.29 is 22.7 Å². The number of ketones is 1. The fourth-order valence-corrected chi connectivity index (χ4v) is 3.93. The quantitative estimate of drug-likeness (QED) is 0.522. The third kappa shape index (κ3) is 4.82. The van der Waals surface area contributed by atoms with Crippen LogP contribution in [0.4, 0.5) is 0 Å². The molecule has 0 unspecified atom stereocenters. The van der Waals surface area contributed by atoms with Gasteiger partial charge in [0, 0.05) is 28.7 Å². The highest BCUT2D eigenvalue weighted by Gasteiger charge is 2.19. The first-order chi connectivity index (χ1) is 15.2. The number of hydrogen-bond donors (Lipinski definition) is 1. The van der Waals surface area contributed by atoms with E-state index in [9.17, 15) is 13.2 Å². The van der Waals surface area contributed by atoms with Gasteiger partial charge in [-0.2, -0.15) is 5.26 Å². The molecule has 9 heteroatoms. The number of hydrogen-bond acceptors (Lipinski definition) is 6. The molecular formula is C23H23N3O5S. The molecule has 0 aliphatic heterocycles. The number of sulfonamides is 1. The molecule has 0 radical (unpaired) electrons. The van der Waals surface area contributed by atoms with Crippen LogP contribution in [0.2, 0.25) is 0 Å². The van der Waals surface area contributed by atoms with Crippen molar-refractivity contribution in [2.75, 3.05) is 13.2 Å². The number of primary sulfonamides is 1. The summed E-state index contributed by atoms with van der Waals surface area (Å²) in [5, 5.41) is 14.2. The molecule has 1 aromatic heterocycles. The summed E-state index contributed by atoms with van der Waals surface area (Å²) in [5.74, 6) is 0.559. The summed E-state index contributed by atoms with van der Waals surface area (Å²) in [7, 11) is -3.78. The van der Waals surface area contributed by atoms with Gasteiger partial charge in [0.1, 0.15) is 0 Å². The van der Waals surface area contributed by atoms with E-state index in [1.54, 1.807) is 43.3 Å². The van der Waals surface area contributed by atoms with E-state index in [0.29, 0.717) is 40.6 Å². The van der Waals surface area contributed by atoms with Crippen LogP contribution in [0.1, 0.15) is 34.2 Å². The lowest BCUT2D eigenvalue weighted by molar-refractivity contribution is 0.0918. The molecule has 3 rings (SSSR count). The number of nitrogens with two attached hydrogens (primary N) is 1. The Balaban J connectivity index is 1.83. The van der Waals surface area contributed by atoms with E-state index in [0.717, 1.165) is 5.69 Å². The molecule has 0 amide bonds. The van der Waals surface area contributed by atoms with E-state index >= 15 is 0 Å². The number of aryl methyl sites for hydroxylation is 1. The lowest BCUT2D eigenvalue weighted by Crippen LogP contribution is -2.13. The standard InChI is InChI=1S/C23H23N3O5S/c1-4-30-23-12-17(13-24)5-10-22(23)31-14-21(27)20-11-15(2)26(16(20)3)18-6-8-19(9-7-18)32(25,28)29/h5-12H,4,14H2,1-3H3,(H2,25,28,29). The normalized spacial score (nSPS) is 11.1. The minimum absolute atomic E-state index is 0.0148. The zero-order valence-corrected chi connectivity index (χ0v) is 18.8. The van der Waals surface area contributed by atoms with Gasteiger partial charge in [0.15, 0.2) is 18.1 Å². The van der Waals surface area contributed by atoms with Crippen LogP contribution >= 0.6 is 0 Å². The summed E-state index contributed by atoms with van der Waals surface area (Å²) < 4.78 is 36.0. The van der Waals surface area contributed by atoms with Crippen molar-refractivity contribution in [2.24, 2.45) is 5.14 Å². The van der Waals surface area contributed by atoms with Crippen molar-refractivity contribution in [2.45, 2.75) is 25.7 Å². The second kappa shape index (κ2) is 9.26. The topological polar surface area (TPSA) is 124 Å². The monoisotopic (exact) mass is 453 g/mol. The maximum atomic E-state index is 12.9. The van der Waals surface area contributed by atoms with Crippen molar-refractivity contribution in [3.8, 4) is 23.3 Å². The lowest BCUT2D eigenvalue weighted by Gasteiger charge is -2.12. The minimum Gasteiger partial charge on any atom is -0.490 e. The average Bonchev–Trinajstić information content (AvgIpc) is 3.06. The summed E-state index contributed by atoms with van der Waals surface area (Å²) in [6, 6.07) is 14.7. The SMILES string of the molecule is CCOc1cc(C#N)ccc1OCC(=O)c1cc(C)n(-c2ccc(S(N)(=O)=O)cc2)c1C. The van der Waals surface area contributed by atoms with Crippen molar-refractivity contribution in [3.63, 3.8) is 0 Å². The van der Waals surface area contributed by atoms with Crippen LogP contribution in [-0.4, -0.2) is 32.0 Å². The molecule has 0 aliphatic carbocycles. The van der Waals surface area contributed by atoms with E-state index in [-0.39, 0.29) is 17.3 Å². The molecule has 1 heterocycles. The Kier molecular flexibility index (Phi) is 6.67. The molecular weight excluding hydrogens is 430 g/mol. The van der Waals surface area contributed by atoms with Gasteiger partial charge in [0.05, 0.1) is 23.1 Å². The van der Waals surface area contributed by atoms with Crippen LogP contribution in [0.5, 0.6) is 11.5 Å².